The maximum absolute atomic E-state index is 13.4. The van der Waals surface area contributed by atoms with E-state index in [9.17, 15) is 9.59 Å². The molecule has 144 valence electrons. The molecule has 1 atom stereocenters. The number of thioether (sulfide) groups is 1. The van der Waals surface area contributed by atoms with Crippen molar-refractivity contribution >= 4 is 39.1 Å². The van der Waals surface area contributed by atoms with Gasteiger partial charge in [0.25, 0.3) is 5.56 Å². The highest BCUT2D eigenvalue weighted by molar-refractivity contribution is 8.00. The summed E-state index contributed by atoms with van der Waals surface area (Å²) < 4.78 is 1.66. The Morgan fingerprint density at radius 3 is 2.79 bits per heavy atom. The van der Waals surface area contributed by atoms with E-state index < -0.39 is 0 Å². The first kappa shape index (κ1) is 19.2. The zero-order valence-electron chi connectivity index (χ0n) is 15.8. The van der Waals surface area contributed by atoms with Gasteiger partial charge in [0.15, 0.2) is 5.16 Å². The third kappa shape index (κ3) is 3.59. The Bertz CT molecular complexity index is 1100. The minimum Gasteiger partial charge on any atom is -0.298 e. The Labute approximate surface area is 172 Å². The number of ketones is 1. The summed E-state index contributed by atoms with van der Waals surface area (Å²) in [5.41, 5.74) is 3.05. The van der Waals surface area contributed by atoms with E-state index >= 15 is 0 Å². The van der Waals surface area contributed by atoms with E-state index in [-0.39, 0.29) is 16.6 Å². The molecule has 28 heavy (non-hydrogen) atoms. The summed E-state index contributed by atoms with van der Waals surface area (Å²) in [6, 6.07) is 8.18. The molecular weight excluding hydrogens is 388 g/mol. The summed E-state index contributed by atoms with van der Waals surface area (Å²) >= 11 is 2.92. The zero-order chi connectivity index (χ0) is 19.7. The first-order valence-electron chi connectivity index (χ1n) is 9.48. The van der Waals surface area contributed by atoms with Crippen LogP contribution < -0.4 is 5.56 Å². The van der Waals surface area contributed by atoms with Crippen LogP contribution in [0.1, 0.15) is 31.2 Å². The molecule has 0 radical (unpaired) electrons. The molecule has 3 aromatic rings. The third-order valence-corrected chi connectivity index (χ3v) is 7.26. The smallest absolute Gasteiger partial charge is 0.263 e. The molecule has 2 heterocycles. The second kappa shape index (κ2) is 8.05. The molecule has 1 aromatic carbocycles. The largest absolute Gasteiger partial charge is 0.298 e. The van der Waals surface area contributed by atoms with Gasteiger partial charge in [0.1, 0.15) is 10.6 Å². The SMILES string of the molecule is C=CCn1c(S[C@H]2CCCCC2=O)nc2scc(-c3ccc(C)cc3)c2c1=O. The monoisotopic (exact) mass is 410 g/mol. The Kier molecular flexibility index (Phi) is 5.51. The fourth-order valence-electron chi connectivity index (χ4n) is 3.53. The lowest BCUT2D eigenvalue weighted by Crippen LogP contribution is -2.26. The van der Waals surface area contributed by atoms with Crippen LogP contribution in [0.4, 0.5) is 0 Å². The number of carbonyl (C=O) groups excluding carboxylic acids is 1. The Morgan fingerprint density at radius 2 is 2.07 bits per heavy atom. The first-order chi connectivity index (χ1) is 13.6. The minimum atomic E-state index is -0.106. The summed E-state index contributed by atoms with van der Waals surface area (Å²) in [5, 5.41) is 3.16. The number of allylic oxidation sites excluding steroid dienone is 1. The summed E-state index contributed by atoms with van der Waals surface area (Å²) in [6.07, 6.45) is 5.20. The van der Waals surface area contributed by atoms with Gasteiger partial charge in [-0.1, -0.05) is 54.1 Å². The average molecular weight is 411 g/mol. The third-order valence-electron chi connectivity index (χ3n) is 5.08. The first-order valence-corrected chi connectivity index (χ1v) is 11.2. The average Bonchev–Trinajstić information content (AvgIpc) is 3.11. The molecule has 0 amide bonds. The molecule has 6 heteroatoms. The molecule has 0 aliphatic heterocycles. The molecule has 1 saturated carbocycles. The molecule has 4 nitrogen and oxygen atoms in total. The van der Waals surface area contributed by atoms with Gasteiger partial charge < -0.3 is 0 Å². The van der Waals surface area contributed by atoms with E-state index in [0.717, 1.165) is 35.2 Å². The fraction of sp³-hybridized carbons (Fsp3) is 0.318. The van der Waals surface area contributed by atoms with Crippen LogP contribution in [0.15, 0.2) is 52.3 Å². The quantitative estimate of drug-likeness (QED) is 0.427. The fourth-order valence-corrected chi connectivity index (χ4v) is 5.75. The number of nitrogens with zero attached hydrogens (tertiary/aromatic N) is 2. The molecule has 0 bridgehead atoms. The van der Waals surface area contributed by atoms with Gasteiger partial charge in [-0.2, -0.15) is 0 Å². The van der Waals surface area contributed by atoms with E-state index in [1.807, 2.05) is 36.6 Å². The zero-order valence-corrected chi connectivity index (χ0v) is 17.4. The van der Waals surface area contributed by atoms with Gasteiger partial charge >= 0.3 is 0 Å². The van der Waals surface area contributed by atoms with Crippen molar-refractivity contribution in [1.82, 2.24) is 9.55 Å². The van der Waals surface area contributed by atoms with Crippen LogP contribution in [0.2, 0.25) is 0 Å². The van der Waals surface area contributed by atoms with Gasteiger partial charge in [0, 0.05) is 23.9 Å². The van der Waals surface area contributed by atoms with Crippen molar-refractivity contribution in [2.24, 2.45) is 0 Å². The van der Waals surface area contributed by atoms with E-state index in [1.165, 1.54) is 28.7 Å². The van der Waals surface area contributed by atoms with Gasteiger partial charge in [0.05, 0.1) is 10.6 Å². The number of carbonyl (C=O) groups is 1. The van der Waals surface area contributed by atoms with Crippen LogP contribution in [-0.2, 0) is 11.3 Å². The highest BCUT2D eigenvalue weighted by Gasteiger charge is 2.26. The predicted molar refractivity (Wildman–Crippen MR) is 117 cm³/mol. The minimum absolute atomic E-state index is 0.0625. The molecule has 1 aliphatic carbocycles. The number of Topliss-reactive ketones (excluding diaryl/α,β-unsaturated/α-hetero) is 1. The van der Waals surface area contributed by atoms with Crippen LogP contribution in [-0.4, -0.2) is 20.6 Å². The topological polar surface area (TPSA) is 52.0 Å². The summed E-state index contributed by atoms with van der Waals surface area (Å²) in [6.45, 7) is 6.23. The van der Waals surface area contributed by atoms with Crippen molar-refractivity contribution in [3.8, 4) is 11.1 Å². The maximum atomic E-state index is 13.4. The van der Waals surface area contributed by atoms with Crippen LogP contribution in [0.5, 0.6) is 0 Å². The molecule has 1 aliphatic rings. The second-order valence-electron chi connectivity index (χ2n) is 7.11. The van der Waals surface area contributed by atoms with Crippen LogP contribution in [0, 0.1) is 6.92 Å². The lowest BCUT2D eigenvalue weighted by molar-refractivity contribution is -0.119. The lowest BCUT2D eigenvalue weighted by Gasteiger charge is -2.20. The van der Waals surface area contributed by atoms with Gasteiger partial charge in [-0.25, -0.2) is 4.98 Å². The van der Waals surface area contributed by atoms with E-state index in [0.29, 0.717) is 23.5 Å². The van der Waals surface area contributed by atoms with Crippen molar-refractivity contribution in [2.45, 2.75) is 49.6 Å². The maximum Gasteiger partial charge on any atom is 0.263 e. The summed E-state index contributed by atoms with van der Waals surface area (Å²) in [5.74, 6) is 0.266. The van der Waals surface area contributed by atoms with Crippen molar-refractivity contribution in [3.63, 3.8) is 0 Å². The Hall–Kier alpha value is -2.18. The molecular formula is C22H22N2O2S2. The van der Waals surface area contributed by atoms with Crippen LogP contribution in [0.25, 0.3) is 21.3 Å². The van der Waals surface area contributed by atoms with Crippen molar-refractivity contribution < 1.29 is 4.79 Å². The molecule has 0 saturated heterocycles. The number of rotatable bonds is 5. The standard InChI is InChI=1S/C22H22N2O2S2/c1-3-12-24-21(26)19-16(15-10-8-14(2)9-11-15)13-27-20(19)23-22(24)28-18-7-5-4-6-17(18)25/h3,8-11,13,18H,1,4-7,12H2,2H3/t18-/m0/s1. The van der Waals surface area contributed by atoms with Gasteiger partial charge in [-0.15, -0.1) is 17.9 Å². The summed E-state index contributed by atoms with van der Waals surface area (Å²) in [7, 11) is 0. The van der Waals surface area contributed by atoms with Gasteiger partial charge in [-0.05, 0) is 25.3 Å². The van der Waals surface area contributed by atoms with E-state index in [2.05, 4.69) is 6.58 Å². The molecule has 1 fully saturated rings. The number of hydrogen-bond acceptors (Lipinski definition) is 5. The normalized spacial score (nSPS) is 17.2. The highest BCUT2D eigenvalue weighted by atomic mass is 32.2. The highest BCUT2D eigenvalue weighted by Crippen LogP contribution is 2.35. The molecule has 4 rings (SSSR count). The number of benzene rings is 1. The number of thiophene rings is 1. The molecule has 2 aromatic heterocycles. The lowest BCUT2D eigenvalue weighted by atomic mass is 9.99. The van der Waals surface area contributed by atoms with Crippen LogP contribution >= 0.6 is 23.1 Å². The van der Waals surface area contributed by atoms with Crippen molar-refractivity contribution in [1.29, 1.82) is 0 Å². The molecule has 0 spiro atoms. The Balaban J connectivity index is 1.82. The van der Waals surface area contributed by atoms with Crippen LogP contribution in [0.3, 0.4) is 0 Å². The predicted octanol–water partition coefficient (Wildman–Crippen LogP) is 5.22. The van der Waals surface area contributed by atoms with Gasteiger partial charge in [-0.3, -0.25) is 14.2 Å². The van der Waals surface area contributed by atoms with Gasteiger partial charge in [0.2, 0.25) is 0 Å². The number of aryl methyl sites for hydroxylation is 1. The molecule has 0 N–H and O–H groups in total. The van der Waals surface area contributed by atoms with Crippen molar-refractivity contribution in [3.05, 3.63) is 58.2 Å². The molecule has 0 unspecified atom stereocenters. The number of fused-ring (bicyclic) bond motifs is 1. The number of aromatic nitrogens is 2. The van der Waals surface area contributed by atoms with Crippen molar-refractivity contribution in [2.75, 3.05) is 0 Å². The van der Waals surface area contributed by atoms with E-state index in [1.54, 1.807) is 10.6 Å². The number of hydrogen-bond donors (Lipinski definition) is 0. The summed E-state index contributed by atoms with van der Waals surface area (Å²) in [4.78, 5) is 31.2. The Morgan fingerprint density at radius 1 is 1.29 bits per heavy atom. The van der Waals surface area contributed by atoms with E-state index in [4.69, 9.17) is 4.98 Å². The second-order valence-corrected chi connectivity index (χ2v) is 9.14.